The minimum Gasteiger partial charge on any atom is -0.444 e. The number of benzene rings is 1. The van der Waals surface area contributed by atoms with Gasteiger partial charge in [0.1, 0.15) is 5.60 Å². The van der Waals surface area contributed by atoms with Gasteiger partial charge in [-0.2, -0.15) is 13.2 Å². The van der Waals surface area contributed by atoms with Crippen LogP contribution in [0.2, 0.25) is 0 Å². The molecule has 1 aliphatic rings. The zero-order chi connectivity index (χ0) is 21.8. The molecule has 0 saturated heterocycles. The first-order valence-electron chi connectivity index (χ1n) is 9.47. The van der Waals surface area contributed by atoms with Gasteiger partial charge in [0.15, 0.2) is 6.04 Å². The third kappa shape index (κ3) is 7.53. The number of carbonyl (C=O) groups excluding carboxylic acids is 2. The molecule has 0 spiro atoms. The number of ether oxygens (including phenoxy) is 1. The molecule has 0 bridgehead atoms. The molecule has 1 aromatic rings. The smallest absolute Gasteiger partial charge is 0.412 e. The van der Waals surface area contributed by atoms with E-state index in [0.717, 1.165) is 0 Å². The zero-order valence-electron chi connectivity index (χ0n) is 16.6. The molecule has 0 unspecified atom stereocenters. The van der Waals surface area contributed by atoms with E-state index in [4.69, 9.17) is 4.74 Å². The first kappa shape index (κ1) is 23.5. The molecule has 5 nitrogen and oxygen atoms in total. The highest BCUT2D eigenvalue weighted by molar-refractivity contribution is 9.10. The Hall–Kier alpha value is -1.77. The van der Waals surface area contributed by atoms with Gasteiger partial charge in [0.25, 0.3) is 0 Å². The monoisotopic (exact) mass is 478 g/mol. The van der Waals surface area contributed by atoms with Crippen molar-refractivity contribution in [2.45, 2.75) is 70.3 Å². The van der Waals surface area contributed by atoms with Gasteiger partial charge in [-0.25, -0.2) is 4.79 Å². The Balaban J connectivity index is 1.92. The largest absolute Gasteiger partial charge is 0.444 e. The van der Waals surface area contributed by atoms with Crippen molar-refractivity contribution in [1.82, 2.24) is 10.6 Å². The van der Waals surface area contributed by atoms with Crippen molar-refractivity contribution < 1.29 is 27.5 Å². The predicted octanol–water partition coefficient (Wildman–Crippen LogP) is 5.25. The number of hydrogen-bond donors (Lipinski definition) is 2. The fourth-order valence-electron chi connectivity index (χ4n) is 3.24. The second-order valence-electron chi connectivity index (χ2n) is 8.23. The fraction of sp³-hybridized carbons (Fsp3) is 0.600. The van der Waals surface area contributed by atoms with Crippen LogP contribution in [0.25, 0.3) is 0 Å². The van der Waals surface area contributed by atoms with Crippen LogP contribution in [0.3, 0.4) is 0 Å². The summed E-state index contributed by atoms with van der Waals surface area (Å²) >= 11 is 3.19. The lowest BCUT2D eigenvalue weighted by molar-refractivity contribution is -0.165. The summed E-state index contributed by atoms with van der Waals surface area (Å²) in [5, 5.41) is 4.91. The van der Waals surface area contributed by atoms with Crippen LogP contribution in [0.15, 0.2) is 28.7 Å². The van der Waals surface area contributed by atoms with E-state index in [2.05, 4.69) is 26.6 Å². The average Bonchev–Trinajstić information content (AvgIpc) is 2.58. The number of hydrogen-bond acceptors (Lipinski definition) is 3. The molecule has 0 heterocycles. The van der Waals surface area contributed by atoms with Gasteiger partial charge >= 0.3 is 12.3 Å². The molecule has 1 fully saturated rings. The van der Waals surface area contributed by atoms with Crippen molar-refractivity contribution in [2.24, 2.45) is 5.92 Å². The maximum absolute atomic E-state index is 13.5. The van der Waals surface area contributed by atoms with Gasteiger partial charge in [0.2, 0.25) is 5.91 Å². The molecular formula is C20H26BrF3N2O3. The summed E-state index contributed by atoms with van der Waals surface area (Å²) in [6, 6.07) is 3.48. The standard InChI is InChI=1S/C20H26BrF3N2O3/c1-19(2,3)29-18(28)25-15-10-6-13(7-11-15)17(27)26-16(20(22,23)24)12-4-8-14(21)9-5-12/h4-5,8-9,13,15-16H,6-7,10-11H2,1-3H3,(H,25,28)(H,26,27)/t13?,15?,16-/m0/s1. The molecule has 1 saturated carbocycles. The summed E-state index contributed by atoms with van der Waals surface area (Å²) in [4.78, 5) is 24.3. The van der Waals surface area contributed by atoms with E-state index in [9.17, 15) is 22.8 Å². The average molecular weight is 479 g/mol. The van der Waals surface area contributed by atoms with E-state index in [1.165, 1.54) is 24.3 Å². The van der Waals surface area contributed by atoms with Crippen LogP contribution in [0, 0.1) is 5.92 Å². The zero-order valence-corrected chi connectivity index (χ0v) is 18.2. The van der Waals surface area contributed by atoms with Crippen LogP contribution in [-0.2, 0) is 9.53 Å². The van der Waals surface area contributed by atoms with Gasteiger partial charge in [-0.15, -0.1) is 0 Å². The summed E-state index contributed by atoms with van der Waals surface area (Å²) < 4.78 is 46.3. The van der Waals surface area contributed by atoms with Crippen LogP contribution >= 0.6 is 15.9 Å². The molecule has 9 heteroatoms. The number of rotatable bonds is 4. The third-order valence-corrected chi connectivity index (χ3v) is 5.16. The number of halogens is 4. The SMILES string of the molecule is CC(C)(C)OC(=O)NC1CCC(C(=O)N[C@@H](c2ccc(Br)cc2)C(F)(F)F)CC1. The highest BCUT2D eigenvalue weighted by Gasteiger charge is 2.43. The van der Waals surface area contributed by atoms with Crippen molar-refractivity contribution in [3.8, 4) is 0 Å². The molecule has 0 aliphatic heterocycles. The van der Waals surface area contributed by atoms with Crippen molar-refractivity contribution in [1.29, 1.82) is 0 Å². The van der Waals surface area contributed by atoms with Gasteiger partial charge < -0.3 is 15.4 Å². The van der Waals surface area contributed by atoms with Gasteiger partial charge in [0, 0.05) is 16.4 Å². The maximum atomic E-state index is 13.5. The van der Waals surface area contributed by atoms with Crippen LogP contribution < -0.4 is 10.6 Å². The highest BCUT2D eigenvalue weighted by atomic mass is 79.9. The first-order chi connectivity index (χ1) is 13.3. The molecule has 1 aliphatic carbocycles. The van der Waals surface area contributed by atoms with Gasteiger partial charge in [-0.1, -0.05) is 28.1 Å². The number of alkyl halides is 3. The summed E-state index contributed by atoms with van der Waals surface area (Å²) in [5.41, 5.74) is -0.629. The molecule has 2 N–H and O–H groups in total. The van der Waals surface area contributed by atoms with Crippen molar-refractivity contribution in [3.63, 3.8) is 0 Å². The van der Waals surface area contributed by atoms with Crippen LogP contribution in [0.1, 0.15) is 58.1 Å². The lowest BCUT2D eigenvalue weighted by Crippen LogP contribution is -2.45. The van der Waals surface area contributed by atoms with Crippen LogP contribution in [0.4, 0.5) is 18.0 Å². The summed E-state index contributed by atoms with van der Waals surface area (Å²) in [6.07, 6.45) is -3.32. The molecule has 2 rings (SSSR count). The number of amides is 2. The minimum atomic E-state index is -4.60. The second kappa shape index (κ2) is 9.36. The lowest BCUT2D eigenvalue weighted by atomic mass is 9.85. The van der Waals surface area contributed by atoms with Crippen molar-refractivity contribution in [2.75, 3.05) is 0 Å². The summed E-state index contributed by atoms with van der Waals surface area (Å²) in [6.45, 7) is 5.28. The second-order valence-corrected chi connectivity index (χ2v) is 9.15. The third-order valence-electron chi connectivity index (χ3n) is 4.64. The molecule has 1 aromatic carbocycles. The number of nitrogens with one attached hydrogen (secondary N) is 2. The predicted molar refractivity (Wildman–Crippen MR) is 106 cm³/mol. The summed E-state index contributed by atoms with van der Waals surface area (Å²) in [7, 11) is 0. The summed E-state index contributed by atoms with van der Waals surface area (Å²) in [5.74, 6) is -1.14. The Morgan fingerprint density at radius 2 is 1.62 bits per heavy atom. The quantitative estimate of drug-likeness (QED) is 0.620. The van der Waals surface area contributed by atoms with E-state index < -0.39 is 35.7 Å². The molecule has 2 amide bonds. The molecule has 0 aromatic heterocycles. The maximum Gasteiger partial charge on any atom is 0.412 e. The van der Waals surface area contributed by atoms with E-state index in [-0.39, 0.29) is 11.6 Å². The molecule has 29 heavy (non-hydrogen) atoms. The molecule has 1 atom stereocenters. The van der Waals surface area contributed by atoms with Gasteiger partial charge in [-0.3, -0.25) is 4.79 Å². The van der Waals surface area contributed by atoms with Gasteiger partial charge in [0.05, 0.1) is 0 Å². The first-order valence-corrected chi connectivity index (χ1v) is 10.3. The Morgan fingerprint density at radius 1 is 1.07 bits per heavy atom. The normalized spacial score (nSPS) is 21.2. The fourth-order valence-corrected chi connectivity index (χ4v) is 3.51. The van der Waals surface area contributed by atoms with E-state index in [0.29, 0.717) is 30.2 Å². The Kier molecular flexibility index (Phi) is 7.59. The van der Waals surface area contributed by atoms with E-state index in [1.54, 1.807) is 20.8 Å². The Morgan fingerprint density at radius 3 is 2.10 bits per heavy atom. The van der Waals surface area contributed by atoms with E-state index >= 15 is 0 Å². The van der Waals surface area contributed by atoms with Crippen molar-refractivity contribution in [3.05, 3.63) is 34.3 Å². The van der Waals surface area contributed by atoms with Crippen LogP contribution in [-0.4, -0.2) is 29.8 Å². The molecule has 162 valence electrons. The minimum absolute atomic E-state index is 0.0191. The van der Waals surface area contributed by atoms with Crippen molar-refractivity contribution >= 4 is 27.9 Å². The van der Waals surface area contributed by atoms with Gasteiger partial charge in [-0.05, 0) is 64.2 Å². The van der Waals surface area contributed by atoms with Crippen LogP contribution in [0.5, 0.6) is 0 Å². The lowest BCUT2D eigenvalue weighted by Gasteiger charge is -2.31. The molecular weight excluding hydrogens is 453 g/mol. The number of alkyl carbamates (subject to hydrolysis) is 1. The molecule has 0 radical (unpaired) electrons. The highest BCUT2D eigenvalue weighted by Crippen LogP contribution is 2.34. The Labute approximate surface area is 176 Å². The van der Waals surface area contributed by atoms with E-state index in [1.807, 2.05) is 0 Å². The number of carbonyl (C=O) groups is 2. The topological polar surface area (TPSA) is 67.4 Å². The Bertz CT molecular complexity index is 709.